The number of thiol groups is 1. The van der Waals surface area contributed by atoms with Crippen LogP contribution in [0.25, 0.3) is 0 Å². The summed E-state index contributed by atoms with van der Waals surface area (Å²) in [5.41, 5.74) is 1.09. The number of nitrogens with zero attached hydrogens (tertiary/aromatic N) is 2. The average Bonchev–Trinajstić information content (AvgIpc) is 2.50. The number of aryl methyl sites for hydroxylation is 1. The van der Waals surface area contributed by atoms with Gasteiger partial charge in [0.1, 0.15) is 0 Å². The molecule has 1 atom stereocenters. The second kappa shape index (κ2) is 5.32. The molecule has 2 nitrogen and oxygen atoms in total. The summed E-state index contributed by atoms with van der Waals surface area (Å²) >= 11 is 4.35. The van der Waals surface area contributed by atoms with Gasteiger partial charge in [0, 0.05) is 12.7 Å². The lowest BCUT2D eigenvalue weighted by Crippen LogP contribution is -2.12. The Morgan fingerprint density at radius 1 is 1.62 bits per heavy atom. The molecule has 1 heterocycles. The molecule has 0 amide bonds. The van der Waals surface area contributed by atoms with Crippen molar-refractivity contribution in [3.63, 3.8) is 0 Å². The number of hydrogen-bond donors (Lipinski definition) is 1. The van der Waals surface area contributed by atoms with E-state index in [-0.39, 0.29) is 0 Å². The summed E-state index contributed by atoms with van der Waals surface area (Å²) in [6, 6.07) is 2.04. The Balaban J connectivity index is 2.46. The minimum absolute atomic E-state index is 0.660. The number of hydrogen-bond acceptors (Lipinski definition) is 2. The Kier molecular flexibility index (Phi) is 4.36. The molecule has 1 rings (SSSR count). The molecule has 13 heavy (non-hydrogen) atoms. The molecule has 1 aromatic rings. The molecule has 0 spiro atoms. The van der Waals surface area contributed by atoms with Crippen molar-refractivity contribution >= 4 is 12.6 Å². The smallest absolute Gasteiger partial charge is 0.0593 e. The largest absolute Gasteiger partial charge is 0.272 e. The average molecular weight is 198 g/mol. The third-order valence-corrected chi connectivity index (χ3v) is 2.69. The first-order valence-electron chi connectivity index (χ1n) is 4.87. The van der Waals surface area contributed by atoms with Gasteiger partial charge in [-0.2, -0.15) is 17.7 Å². The van der Waals surface area contributed by atoms with Gasteiger partial charge in [0.15, 0.2) is 0 Å². The zero-order chi connectivity index (χ0) is 9.68. The van der Waals surface area contributed by atoms with Crippen LogP contribution in [0.15, 0.2) is 12.3 Å². The van der Waals surface area contributed by atoms with Crippen LogP contribution in [-0.4, -0.2) is 15.5 Å². The van der Waals surface area contributed by atoms with Gasteiger partial charge < -0.3 is 0 Å². The molecule has 0 aromatic carbocycles. The second-order valence-electron chi connectivity index (χ2n) is 3.52. The third kappa shape index (κ3) is 3.43. The second-order valence-corrected chi connectivity index (χ2v) is 3.88. The highest BCUT2D eigenvalue weighted by Gasteiger charge is 2.06. The Morgan fingerprint density at radius 3 is 2.85 bits per heavy atom. The summed E-state index contributed by atoms with van der Waals surface area (Å²) in [7, 11) is 0. The topological polar surface area (TPSA) is 17.8 Å². The molecular formula is C10H18N2S. The van der Waals surface area contributed by atoms with Gasteiger partial charge in [-0.3, -0.25) is 4.68 Å². The van der Waals surface area contributed by atoms with Gasteiger partial charge in [-0.1, -0.05) is 13.3 Å². The Labute approximate surface area is 85.7 Å². The van der Waals surface area contributed by atoms with Crippen LogP contribution in [0.5, 0.6) is 0 Å². The maximum absolute atomic E-state index is 4.36. The standard InChI is InChI=1S/C10H18N2S/c1-3-4-10(8-13)7-12-6-5-9(2)11-12/h5-6,10,13H,3-4,7-8H2,1-2H3. The monoisotopic (exact) mass is 198 g/mol. The van der Waals surface area contributed by atoms with Crippen molar-refractivity contribution in [3.8, 4) is 0 Å². The molecule has 0 fully saturated rings. The highest BCUT2D eigenvalue weighted by Crippen LogP contribution is 2.10. The van der Waals surface area contributed by atoms with E-state index in [1.54, 1.807) is 0 Å². The highest BCUT2D eigenvalue weighted by molar-refractivity contribution is 7.80. The molecule has 0 saturated carbocycles. The van der Waals surface area contributed by atoms with E-state index in [4.69, 9.17) is 0 Å². The Bertz CT molecular complexity index is 245. The van der Waals surface area contributed by atoms with E-state index in [0.29, 0.717) is 5.92 Å². The fourth-order valence-corrected chi connectivity index (χ4v) is 1.78. The van der Waals surface area contributed by atoms with Gasteiger partial charge in [-0.25, -0.2) is 0 Å². The molecular weight excluding hydrogens is 180 g/mol. The van der Waals surface area contributed by atoms with Gasteiger partial charge in [0.05, 0.1) is 5.69 Å². The molecule has 1 aromatic heterocycles. The van der Waals surface area contributed by atoms with Crippen molar-refractivity contribution in [2.24, 2.45) is 5.92 Å². The summed E-state index contributed by atoms with van der Waals surface area (Å²) in [5.74, 6) is 1.61. The summed E-state index contributed by atoms with van der Waals surface area (Å²) < 4.78 is 2.02. The first-order chi connectivity index (χ1) is 6.26. The lowest BCUT2D eigenvalue weighted by atomic mass is 10.1. The van der Waals surface area contributed by atoms with Crippen LogP contribution >= 0.6 is 12.6 Å². The van der Waals surface area contributed by atoms with Crippen molar-refractivity contribution < 1.29 is 0 Å². The molecule has 0 aliphatic rings. The molecule has 0 bridgehead atoms. The summed E-state index contributed by atoms with van der Waals surface area (Å²) in [6.45, 7) is 5.24. The molecule has 3 heteroatoms. The van der Waals surface area contributed by atoms with Gasteiger partial charge in [0.25, 0.3) is 0 Å². The zero-order valence-electron chi connectivity index (χ0n) is 8.40. The summed E-state index contributed by atoms with van der Waals surface area (Å²) in [6.07, 6.45) is 4.51. The third-order valence-electron chi connectivity index (χ3n) is 2.17. The van der Waals surface area contributed by atoms with E-state index in [1.807, 2.05) is 23.9 Å². The predicted octanol–water partition coefficient (Wildman–Crippen LogP) is 2.54. The highest BCUT2D eigenvalue weighted by atomic mass is 32.1. The molecule has 74 valence electrons. The van der Waals surface area contributed by atoms with Crippen LogP contribution in [-0.2, 0) is 6.54 Å². The van der Waals surface area contributed by atoms with Crippen LogP contribution in [0, 0.1) is 12.8 Å². The lowest BCUT2D eigenvalue weighted by Gasteiger charge is -2.12. The maximum atomic E-state index is 4.36. The predicted molar refractivity (Wildman–Crippen MR) is 59.2 cm³/mol. The molecule has 0 aliphatic carbocycles. The quantitative estimate of drug-likeness (QED) is 0.720. The molecule has 0 aliphatic heterocycles. The number of rotatable bonds is 5. The van der Waals surface area contributed by atoms with Crippen molar-refractivity contribution in [2.75, 3.05) is 5.75 Å². The van der Waals surface area contributed by atoms with Crippen molar-refractivity contribution in [3.05, 3.63) is 18.0 Å². The lowest BCUT2D eigenvalue weighted by molar-refractivity contribution is 0.426. The van der Waals surface area contributed by atoms with Gasteiger partial charge in [0.2, 0.25) is 0 Å². The van der Waals surface area contributed by atoms with Crippen molar-refractivity contribution in [1.29, 1.82) is 0 Å². The van der Waals surface area contributed by atoms with E-state index in [0.717, 1.165) is 18.0 Å². The van der Waals surface area contributed by atoms with Crippen LogP contribution in [0.1, 0.15) is 25.5 Å². The number of aromatic nitrogens is 2. The van der Waals surface area contributed by atoms with Gasteiger partial charge in [-0.05, 0) is 31.1 Å². The first-order valence-corrected chi connectivity index (χ1v) is 5.50. The fourth-order valence-electron chi connectivity index (χ4n) is 1.48. The van der Waals surface area contributed by atoms with E-state index in [2.05, 4.69) is 24.7 Å². The fraction of sp³-hybridized carbons (Fsp3) is 0.700. The Hall–Kier alpha value is -0.440. The summed E-state index contributed by atoms with van der Waals surface area (Å²) in [5, 5.41) is 4.36. The molecule has 0 radical (unpaired) electrons. The maximum Gasteiger partial charge on any atom is 0.0593 e. The minimum Gasteiger partial charge on any atom is -0.272 e. The van der Waals surface area contributed by atoms with E-state index >= 15 is 0 Å². The van der Waals surface area contributed by atoms with Gasteiger partial charge in [-0.15, -0.1) is 0 Å². The van der Waals surface area contributed by atoms with Gasteiger partial charge >= 0.3 is 0 Å². The molecule has 0 N–H and O–H groups in total. The first kappa shape index (κ1) is 10.6. The zero-order valence-corrected chi connectivity index (χ0v) is 9.30. The normalized spacial score (nSPS) is 13.2. The van der Waals surface area contributed by atoms with Crippen molar-refractivity contribution in [2.45, 2.75) is 33.2 Å². The van der Waals surface area contributed by atoms with Crippen LogP contribution in [0.4, 0.5) is 0 Å². The van der Waals surface area contributed by atoms with E-state index < -0.39 is 0 Å². The van der Waals surface area contributed by atoms with Crippen LogP contribution < -0.4 is 0 Å². The van der Waals surface area contributed by atoms with Crippen LogP contribution in [0.3, 0.4) is 0 Å². The van der Waals surface area contributed by atoms with E-state index in [1.165, 1.54) is 12.8 Å². The molecule has 1 unspecified atom stereocenters. The molecule has 0 saturated heterocycles. The SMILES string of the molecule is CCCC(CS)Cn1ccc(C)n1. The summed E-state index contributed by atoms with van der Waals surface area (Å²) in [4.78, 5) is 0. The Morgan fingerprint density at radius 2 is 2.38 bits per heavy atom. The van der Waals surface area contributed by atoms with E-state index in [9.17, 15) is 0 Å². The van der Waals surface area contributed by atoms with Crippen LogP contribution in [0.2, 0.25) is 0 Å². The van der Waals surface area contributed by atoms with Crippen molar-refractivity contribution in [1.82, 2.24) is 9.78 Å². The minimum atomic E-state index is 0.660.